The zero-order chi connectivity index (χ0) is 17.4. The normalized spacial score (nSPS) is 21.5. The Labute approximate surface area is 150 Å². The molecule has 3 rings (SSSR count). The Hall–Kier alpha value is -1.60. The number of anilines is 2. The lowest BCUT2D eigenvalue weighted by atomic mass is 9.94. The first-order chi connectivity index (χ1) is 11.4. The predicted molar refractivity (Wildman–Crippen MR) is 101 cm³/mol. The Morgan fingerprint density at radius 1 is 1.54 bits per heavy atom. The van der Waals surface area contributed by atoms with Crippen LogP contribution in [0.2, 0.25) is 0 Å². The van der Waals surface area contributed by atoms with Crippen LogP contribution in [0.4, 0.5) is 11.4 Å². The second-order valence-electron chi connectivity index (χ2n) is 6.90. The summed E-state index contributed by atoms with van der Waals surface area (Å²) in [6.45, 7) is 7.69. The fourth-order valence-corrected chi connectivity index (χ4v) is 3.59. The second kappa shape index (κ2) is 6.72. The summed E-state index contributed by atoms with van der Waals surface area (Å²) in [6, 6.07) is 0.140. The molecular formula is C17H24BrN5O. The van der Waals surface area contributed by atoms with E-state index in [0.717, 1.165) is 46.4 Å². The van der Waals surface area contributed by atoms with Gasteiger partial charge >= 0.3 is 0 Å². The van der Waals surface area contributed by atoms with Crippen molar-refractivity contribution in [2.24, 2.45) is 17.6 Å². The molecule has 7 heteroatoms. The average molecular weight is 394 g/mol. The van der Waals surface area contributed by atoms with Gasteiger partial charge < -0.3 is 20.9 Å². The molecule has 2 aromatic heterocycles. The highest BCUT2D eigenvalue weighted by atomic mass is 79.9. The van der Waals surface area contributed by atoms with Crippen LogP contribution in [0.3, 0.4) is 0 Å². The molecule has 4 N–H and O–H groups in total. The molecule has 0 unspecified atom stereocenters. The van der Waals surface area contributed by atoms with E-state index in [-0.39, 0.29) is 17.9 Å². The van der Waals surface area contributed by atoms with Gasteiger partial charge in [-0.2, -0.15) is 0 Å². The third kappa shape index (κ3) is 3.15. The van der Waals surface area contributed by atoms with Crippen molar-refractivity contribution < 1.29 is 4.79 Å². The molecule has 0 aliphatic carbocycles. The number of halogens is 1. The van der Waals surface area contributed by atoms with Gasteiger partial charge in [-0.15, -0.1) is 0 Å². The molecule has 2 atom stereocenters. The quantitative estimate of drug-likeness (QED) is 0.747. The Morgan fingerprint density at radius 3 is 2.96 bits per heavy atom. The molecule has 2 aromatic rings. The molecule has 6 nitrogen and oxygen atoms in total. The van der Waals surface area contributed by atoms with Gasteiger partial charge in [-0.1, -0.05) is 20.8 Å². The van der Waals surface area contributed by atoms with E-state index in [1.807, 2.05) is 13.8 Å². The van der Waals surface area contributed by atoms with Crippen molar-refractivity contribution in [1.82, 2.24) is 9.97 Å². The number of pyridine rings is 1. The van der Waals surface area contributed by atoms with Crippen LogP contribution < -0.4 is 16.0 Å². The maximum absolute atomic E-state index is 12.1. The zero-order valence-corrected chi connectivity index (χ0v) is 15.9. The van der Waals surface area contributed by atoms with E-state index in [9.17, 15) is 4.79 Å². The number of hydrogen-bond acceptors (Lipinski definition) is 4. The number of fused-ring (bicyclic) bond motifs is 1. The van der Waals surface area contributed by atoms with Crippen LogP contribution in [0.15, 0.2) is 16.9 Å². The number of nitrogens with two attached hydrogens (primary N) is 1. The van der Waals surface area contributed by atoms with Gasteiger partial charge in [0, 0.05) is 37.4 Å². The van der Waals surface area contributed by atoms with Crippen molar-refractivity contribution in [3.05, 3.63) is 16.9 Å². The van der Waals surface area contributed by atoms with Gasteiger partial charge in [0.05, 0.1) is 21.2 Å². The second-order valence-corrected chi connectivity index (χ2v) is 7.75. The number of aromatic amines is 1. The summed E-state index contributed by atoms with van der Waals surface area (Å²) in [4.78, 5) is 22.0. The van der Waals surface area contributed by atoms with Crippen LogP contribution in [0.5, 0.6) is 0 Å². The molecule has 3 heterocycles. The van der Waals surface area contributed by atoms with Crippen LogP contribution in [0, 0.1) is 11.8 Å². The molecule has 1 aliphatic heterocycles. The number of nitrogens with one attached hydrogen (secondary N) is 2. The van der Waals surface area contributed by atoms with Crippen LogP contribution in [-0.4, -0.2) is 35.0 Å². The van der Waals surface area contributed by atoms with Crippen molar-refractivity contribution >= 4 is 44.2 Å². The minimum Gasteiger partial charge on any atom is -0.368 e. The molecule has 1 aliphatic rings. The topological polar surface area (TPSA) is 87.0 Å². The number of amides is 1. The van der Waals surface area contributed by atoms with Gasteiger partial charge in [-0.05, 0) is 28.3 Å². The number of carbonyl (C=O) groups excluding carboxylic acids is 1. The molecule has 130 valence electrons. The number of nitrogens with zero attached hydrogens (tertiary/aromatic N) is 2. The van der Waals surface area contributed by atoms with Gasteiger partial charge in [0.2, 0.25) is 5.91 Å². The standard InChI is InChI=1S/C17H24BrN5O/c1-9(2)17(24)22-13-7-21-16-14(13)15(11(18)6-20-16)23-5-4-10(3)12(19)8-23/h6-7,9-10,12H,4-5,8,19H2,1-3H3,(H,20,21)(H,22,24)/t10-,12-/m1/s1. The molecule has 0 saturated carbocycles. The van der Waals surface area contributed by atoms with E-state index < -0.39 is 0 Å². The average Bonchev–Trinajstić information content (AvgIpc) is 2.93. The summed E-state index contributed by atoms with van der Waals surface area (Å²) in [5, 5.41) is 3.93. The minimum atomic E-state index is -0.0808. The summed E-state index contributed by atoms with van der Waals surface area (Å²) in [6.07, 6.45) is 4.65. The van der Waals surface area contributed by atoms with E-state index in [0.29, 0.717) is 5.92 Å². The Balaban J connectivity index is 2.04. The first kappa shape index (κ1) is 17.2. The number of piperidine rings is 1. The third-order valence-corrected chi connectivity index (χ3v) is 5.32. The lowest BCUT2D eigenvalue weighted by Crippen LogP contribution is -2.47. The first-order valence-electron chi connectivity index (χ1n) is 8.35. The van der Waals surface area contributed by atoms with Crippen molar-refractivity contribution in [3.8, 4) is 0 Å². The van der Waals surface area contributed by atoms with Crippen molar-refractivity contribution in [1.29, 1.82) is 0 Å². The largest absolute Gasteiger partial charge is 0.368 e. The van der Waals surface area contributed by atoms with E-state index in [1.54, 1.807) is 12.4 Å². The maximum Gasteiger partial charge on any atom is 0.226 e. The van der Waals surface area contributed by atoms with E-state index in [4.69, 9.17) is 5.73 Å². The highest BCUT2D eigenvalue weighted by Gasteiger charge is 2.27. The fourth-order valence-electron chi connectivity index (χ4n) is 3.04. The van der Waals surface area contributed by atoms with Crippen molar-refractivity contribution in [2.45, 2.75) is 33.2 Å². The van der Waals surface area contributed by atoms with Crippen LogP contribution >= 0.6 is 15.9 Å². The number of hydrogen-bond donors (Lipinski definition) is 3. The van der Waals surface area contributed by atoms with Gasteiger partial charge in [0.15, 0.2) is 0 Å². The first-order valence-corrected chi connectivity index (χ1v) is 9.14. The molecule has 0 bridgehead atoms. The minimum absolute atomic E-state index is 0.00852. The maximum atomic E-state index is 12.1. The Morgan fingerprint density at radius 2 is 2.29 bits per heavy atom. The monoisotopic (exact) mass is 393 g/mol. The molecular weight excluding hydrogens is 370 g/mol. The highest BCUT2D eigenvalue weighted by Crippen LogP contribution is 2.39. The number of rotatable bonds is 3. The summed E-state index contributed by atoms with van der Waals surface area (Å²) < 4.78 is 0.913. The summed E-state index contributed by atoms with van der Waals surface area (Å²) >= 11 is 3.63. The molecule has 0 aromatic carbocycles. The Bertz CT molecular complexity index is 757. The molecule has 1 amide bonds. The van der Waals surface area contributed by atoms with E-state index in [2.05, 4.69) is 43.0 Å². The molecule has 1 saturated heterocycles. The summed E-state index contributed by atoms with van der Waals surface area (Å²) in [7, 11) is 0. The van der Waals surface area contributed by atoms with Crippen molar-refractivity contribution in [3.63, 3.8) is 0 Å². The predicted octanol–water partition coefficient (Wildman–Crippen LogP) is 3.09. The summed E-state index contributed by atoms with van der Waals surface area (Å²) in [5.41, 5.74) is 8.85. The SMILES string of the molecule is CC(C)C(=O)Nc1c[nH]c2ncc(Br)c(N3CC[C@@H](C)[C@H](N)C3)c12. The molecule has 0 spiro atoms. The lowest BCUT2D eigenvalue weighted by molar-refractivity contribution is -0.118. The van der Waals surface area contributed by atoms with Gasteiger partial charge in [-0.3, -0.25) is 4.79 Å². The number of carbonyl (C=O) groups is 1. The van der Waals surface area contributed by atoms with Crippen LogP contribution in [0.1, 0.15) is 27.2 Å². The van der Waals surface area contributed by atoms with Gasteiger partial charge in [0.25, 0.3) is 0 Å². The fraction of sp³-hybridized carbons (Fsp3) is 0.529. The van der Waals surface area contributed by atoms with Crippen molar-refractivity contribution in [2.75, 3.05) is 23.3 Å². The molecule has 1 fully saturated rings. The lowest BCUT2D eigenvalue weighted by Gasteiger charge is -2.37. The third-order valence-electron chi connectivity index (χ3n) is 4.74. The van der Waals surface area contributed by atoms with Crippen LogP contribution in [0.25, 0.3) is 11.0 Å². The number of H-pyrrole nitrogens is 1. The molecule has 0 radical (unpaired) electrons. The van der Waals surface area contributed by atoms with Gasteiger partial charge in [0.1, 0.15) is 5.65 Å². The number of aromatic nitrogens is 2. The smallest absolute Gasteiger partial charge is 0.226 e. The molecule has 24 heavy (non-hydrogen) atoms. The summed E-state index contributed by atoms with van der Waals surface area (Å²) in [5.74, 6) is 0.428. The highest BCUT2D eigenvalue weighted by molar-refractivity contribution is 9.10. The zero-order valence-electron chi connectivity index (χ0n) is 14.3. The van der Waals surface area contributed by atoms with E-state index in [1.165, 1.54) is 0 Å². The Kier molecular flexibility index (Phi) is 4.83. The van der Waals surface area contributed by atoms with Crippen LogP contribution in [-0.2, 0) is 4.79 Å². The van der Waals surface area contributed by atoms with E-state index >= 15 is 0 Å². The van der Waals surface area contributed by atoms with Gasteiger partial charge in [-0.25, -0.2) is 4.98 Å².